The summed E-state index contributed by atoms with van der Waals surface area (Å²) in [5, 5.41) is 4.71. The molecule has 118 valence electrons. The smallest absolute Gasteiger partial charge is 0.321 e. The summed E-state index contributed by atoms with van der Waals surface area (Å²) in [5.74, 6) is -0.933. The second-order valence-electron chi connectivity index (χ2n) is 5.20. The van der Waals surface area contributed by atoms with Gasteiger partial charge in [-0.3, -0.25) is 19.8 Å². The standard InChI is InChI=1S/C15H20N4O3/c1-2-17-15(22)18-13(20)9-19-8-11-6-4-3-5-10(11)7-12(19)14(16)21/h3-6,12H,2,7-9H2,1H3,(H2,16,21)(H2,17,18,20,22)/t12-/m0/s1. The van der Waals surface area contributed by atoms with Crippen molar-refractivity contribution in [1.29, 1.82) is 0 Å². The predicted octanol–water partition coefficient (Wildman–Crippen LogP) is -0.256. The number of nitrogens with one attached hydrogen (secondary N) is 2. The Labute approximate surface area is 128 Å². The van der Waals surface area contributed by atoms with Crippen LogP contribution in [0, 0.1) is 0 Å². The zero-order valence-corrected chi connectivity index (χ0v) is 12.5. The first-order chi connectivity index (χ1) is 10.5. The Morgan fingerprint density at radius 3 is 2.59 bits per heavy atom. The molecule has 0 saturated carbocycles. The highest BCUT2D eigenvalue weighted by Gasteiger charge is 2.31. The summed E-state index contributed by atoms with van der Waals surface area (Å²) in [6.45, 7) is 2.58. The molecule has 1 heterocycles. The quantitative estimate of drug-likeness (QED) is 0.713. The number of nitrogens with zero attached hydrogens (tertiary/aromatic N) is 1. The summed E-state index contributed by atoms with van der Waals surface area (Å²) < 4.78 is 0. The zero-order valence-electron chi connectivity index (χ0n) is 12.5. The van der Waals surface area contributed by atoms with Gasteiger partial charge in [-0.2, -0.15) is 0 Å². The molecule has 2 rings (SSSR count). The average Bonchev–Trinajstić information content (AvgIpc) is 2.46. The van der Waals surface area contributed by atoms with Crippen molar-refractivity contribution in [3.8, 4) is 0 Å². The van der Waals surface area contributed by atoms with Crippen LogP contribution in [0.15, 0.2) is 24.3 Å². The lowest BCUT2D eigenvalue weighted by molar-refractivity contribution is -0.127. The van der Waals surface area contributed by atoms with Crippen molar-refractivity contribution >= 4 is 17.8 Å². The van der Waals surface area contributed by atoms with Crippen molar-refractivity contribution in [1.82, 2.24) is 15.5 Å². The van der Waals surface area contributed by atoms with Crippen LogP contribution in [0.5, 0.6) is 0 Å². The highest BCUT2D eigenvalue weighted by molar-refractivity contribution is 5.95. The number of imide groups is 1. The van der Waals surface area contributed by atoms with Gasteiger partial charge in [-0.15, -0.1) is 0 Å². The van der Waals surface area contributed by atoms with Crippen molar-refractivity contribution in [3.05, 3.63) is 35.4 Å². The van der Waals surface area contributed by atoms with E-state index < -0.39 is 23.9 Å². The molecule has 4 N–H and O–H groups in total. The Hall–Kier alpha value is -2.41. The number of fused-ring (bicyclic) bond motifs is 1. The molecular formula is C15H20N4O3. The third-order valence-corrected chi connectivity index (χ3v) is 3.61. The van der Waals surface area contributed by atoms with Crippen LogP contribution in [-0.4, -0.2) is 41.9 Å². The summed E-state index contributed by atoms with van der Waals surface area (Å²) in [5.41, 5.74) is 7.57. The Morgan fingerprint density at radius 1 is 1.27 bits per heavy atom. The van der Waals surface area contributed by atoms with Gasteiger partial charge in [0, 0.05) is 13.1 Å². The molecule has 22 heavy (non-hydrogen) atoms. The van der Waals surface area contributed by atoms with Crippen LogP contribution in [-0.2, 0) is 22.6 Å². The summed E-state index contributed by atoms with van der Waals surface area (Å²) >= 11 is 0. The number of carbonyl (C=O) groups excluding carboxylic acids is 3. The van der Waals surface area contributed by atoms with E-state index in [-0.39, 0.29) is 6.54 Å². The number of nitrogens with two attached hydrogens (primary N) is 1. The average molecular weight is 304 g/mol. The maximum absolute atomic E-state index is 11.9. The fraction of sp³-hybridized carbons (Fsp3) is 0.400. The highest BCUT2D eigenvalue weighted by Crippen LogP contribution is 2.22. The van der Waals surface area contributed by atoms with Crippen molar-refractivity contribution < 1.29 is 14.4 Å². The van der Waals surface area contributed by atoms with E-state index in [0.29, 0.717) is 19.5 Å². The van der Waals surface area contributed by atoms with Gasteiger partial charge in [0.25, 0.3) is 0 Å². The molecular weight excluding hydrogens is 284 g/mol. The van der Waals surface area contributed by atoms with Gasteiger partial charge in [0.1, 0.15) is 0 Å². The minimum atomic E-state index is -0.546. The summed E-state index contributed by atoms with van der Waals surface area (Å²) in [4.78, 5) is 36.6. The zero-order chi connectivity index (χ0) is 16.1. The molecule has 0 unspecified atom stereocenters. The lowest BCUT2D eigenvalue weighted by atomic mass is 9.93. The molecule has 1 atom stereocenters. The van der Waals surface area contributed by atoms with Gasteiger partial charge >= 0.3 is 6.03 Å². The molecule has 0 fully saturated rings. The minimum absolute atomic E-state index is 0.0565. The molecule has 0 saturated heterocycles. The number of amides is 4. The number of urea groups is 1. The van der Waals surface area contributed by atoms with Crippen molar-refractivity contribution in [2.45, 2.75) is 25.9 Å². The molecule has 1 aliphatic rings. The number of hydrogen-bond acceptors (Lipinski definition) is 4. The Morgan fingerprint density at radius 2 is 1.95 bits per heavy atom. The molecule has 0 aliphatic carbocycles. The third-order valence-electron chi connectivity index (χ3n) is 3.61. The molecule has 7 heteroatoms. The van der Waals surface area contributed by atoms with Crippen LogP contribution in [0.2, 0.25) is 0 Å². The molecule has 1 aromatic rings. The molecule has 0 bridgehead atoms. The first-order valence-electron chi connectivity index (χ1n) is 7.19. The fourth-order valence-corrected chi connectivity index (χ4v) is 2.58. The third kappa shape index (κ3) is 3.82. The maximum atomic E-state index is 11.9. The number of benzene rings is 1. The van der Waals surface area contributed by atoms with Crippen LogP contribution in [0.3, 0.4) is 0 Å². The normalized spacial score (nSPS) is 17.4. The van der Waals surface area contributed by atoms with E-state index in [4.69, 9.17) is 5.73 Å². The van der Waals surface area contributed by atoms with Gasteiger partial charge < -0.3 is 11.1 Å². The van der Waals surface area contributed by atoms with Gasteiger partial charge in [0.05, 0.1) is 12.6 Å². The van der Waals surface area contributed by atoms with Gasteiger partial charge in [0.2, 0.25) is 11.8 Å². The highest BCUT2D eigenvalue weighted by atomic mass is 16.2. The van der Waals surface area contributed by atoms with E-state index in [1.807, 2.05) is 24.3 Å². The lowest BCUT2D eigenvalue weighted by Crippen LogP contribution is -2.53. The van der Waals surface area contributed by atoms with Gasteiger partial charge in [-0.25, -0.2) is 4.79 Å². The van der Waals surface area contributed by atoms with Crippen molar-refractivity contribution in [3.63, 3.8) is 0 Å². The van der Waals surface area contributed by atoms with E-state index in [0.717, 1.165) is 11.1 Å². The van der Waals surface area contributed by atoms with E-state index >= 15 is 0 Å². The van der Waals surface area contributed by atoms with E-state index in [1.165, 1.54) is 0 Å². The Kier molecular flexibility index (Phi) is 5.11. The van der Waals surface area contributed by atoms with E-state index in [9.17, 15) is 14.4 Å². The fourth-order valence-electron chi connectivity index (χ4n) is 2.58. The largest absolute Gasteiger partial charge is 0.368 e. The van der Waals surface area contributed by atoms with Crippen LogP contribution >= 0.6 is 0 Å². The predicted molar refractivity (Wildman–Crippen MR) is 80.8 cm³/mol. The van der Waals surface area contributed by atoms with Crippen LogP contribution < -0.4 is 16.4 Å². The number of hydrogen-bond donors (Lipinski definition) is 3. The molecule has 0 aromatic heterocycles. The molecule has 0 radical (unpaired) electrons. The van der Waals surface area contributed by atoms with Crippen molar-refractivity contribution in [2.24, 2.45) is 5.73 Å². The monoisotopic (exact) mass is 304 g/mol. The van der Waals surface area contributed by atoms with E-state index in [2.05, 4.69) is 10.6 Å². The maximum Gasteiger partial charge on any atom is 0.321 e. The second-order valence-corrected chi connectivity index (χ2v) is 5.20. The van der Waals surface area contributed by atoms with E-state index in [1.54, 1.807) is 11.8 Å². The van der Waals surface area contributed by atoms with Crippen molar-refractivity contribution in [2.75, 3.05) is 13.1 Å². The topological polar surface area (TPSA) is 105 Å². The molecule has 1 aliphatic heterocycles. The van der Waals surface area contributed by atoms with Gasteiger partial charge in [0.15, 0.2) is 0 Å². The Balaban J connectivity index is 2.06. The van der Waals surface area contributed by atoms with Crippen LogP contribution in [0.25, 0.3) is 0 Å². The SMILES string of the molecule is CCNC(=O)NC(=O)CN1Cc2ccccc2C[C@H]1C(N)=O. The second kappa shape index (κ2) is 7.04. The number of rotatable bonds is 4. The first kappa shape index (κ1) is 16.0. The number of primary amides is 1. The summed E-state index contributed by atoms with van der Waals surface area (Å²) in [6.07, 6.45) is 0.472. The number of carbonyl (C=O) groups is 3. The van der Waals surface area contributed by atoms with Gasteiger partial charge in [-0.1, -0.05) is 24.3 Å². The molecule has 0 spiro atoms. The Bertz CT molecular complexity index is 588. The summed E-state index contributed by atoms with van der Waals surface area (Å²) in [6, 6.07) is 6.65. The van der Waals surface area contributed by atoms with Gasteiger partial charge in [-0.05, 0) is 24.5 Å². The van der Waals surface area contributed by atoms with Crippen LogP contribution in [0.1, 0.15) is 18.1 Å². The minimum Gasteiger partial charge on any atom is -0.368 e. The first-order valence-corrected chi connectivity index (χ1v) is 7.19. The molecule has 7 nitrogen and oxygen atoms in total. The molecule has 4 amide bonds. The lowest BCUT2D eigenvalue weighted by Gasteiger charge is -2.34. The summed E-state index contributed by atoms with van der Waals surface area (Å²) in [7, 11) is 0. The van der Waals surface area contributed by atoms with Crippen LogP contribution in [0.4, 0.5) is 4.79 Å². The molecule has 1 aromatic carbocycles.